The minimum Gasteiger partial charge on any atom is -0.504 e. The fourth-order valence-electron chi connectivity index (χ4n) is 3.86. The van der Waals surface area contributed by atoms with Crippen LogP contribution < -0.4 is 0 Å². The van der Waals surface area contributed by atoms with Crippen molar-refractivity contribution in [3.63, 3.8) is 0 Å². The van der Waals surface area contributed by atoms with Crippen molar-refractivity contribution in [1.82, 2.24) is 0 Å². The topological polar surface area (TPSA) is 200 Å². The lowest BCUT2D eigenvalue weighted by molar-refractivity contribution is -0.208. The minimum atomic E-state index is -2.11. The summed E-state index contributed by atoms with van der Waals surface area (Å²) in [6.45, 7) is 0. The Balaban J connectivity index is 1.76. The molecule has 6 N–H and O–H groups in total. The van der Waals surface area contributed by atoms with Crippen LogP contribution in [-0.2, 0) is 28.6 Å². The Morgan fingerprint density at radius 1 is 0.816 bits per heavy atom. The van der Waals surface area contributed by atoms with Crippen molar-refractivity contribution in [2.75, 3.05) is 7.11 Å². The lowest BCUT2D eigenvalue weighted by atomic mass is 9.79. The van der Waals surface area contributed by atoms with Crippen LogP contribution in [0.4, 0.5) is 0 Å². The van der Waals surface area contributed by atoms with Gasteiger partial charge in [0.25, 0.3) is 0 Å². The Morgan fingerprint density at radius 3 is 1.84 bits per heavy atom. The zero-order valence-corrected chi connectivity index (χ0v) is 20.1. The van der Waals surface area contributed by atoms with Gasteiger partial charge < -0.3 is 44.8 Å². The highest BCUT2D eigenvalue weighted by Crippen LogP contribution is 2.36. The smallest absolute Gasteiger partial charge is 0.350 e. The number of esters is 3. The number of hydrogen-bond acceptors (Lipinski definition) is 12. The fourth-order valence-corrected chi connectivity index (χ4v) is 3.86. The van der Waals surface area contributed by atoms with E-state index in [0.717, 1.165) is 19.3 Å². The number of aromatic hydroxyl groups is 4. The monoisotopic (exact) mass is 530 g/mol. The summed E-state index contributed by atoms with van der Waals surface area (Å²) in [6.07, 6.45) is -1.41. The van der Waals surface area contributed by atoms with E-state index >= 15 is 0 Å². The maximum Gasteiger partial charge on any atom is 0.350 e. The second kappa shape index (κ2) is 11.7. The second-order valence-corrected chi connectivity index (χ2v) is 8.51. The Hall–Kier alpha value is -4.55. The first-order valence-corrected chi connectivity index (χ1v) is 11.2. The third-order valence-electron chi connectivity index (χ3n) is 5.79. The molecular formula is C26H26O12. The number of rotatable bonds is 7. The van der Waals surface area contributed by atoms with Gasteiger partial charge in [-0.25, -0.2) is 14.4 Å². The summed E-state index contributed by atoms with van der Waals surface area (Å²) in [7, 11) is 1.03. The van der Waals surface area contributed by atoms with Crippen molar-refractivity contribution < 1.29 is 59.2 Å². The average Bonchev–Trinajstić information content (AvgIpc) is 2.87. The standard InChI is InChI=1S/C26H26O12/c1-36-25(35)26(38-23(33)9-5-15-3-7-17(28)19(30)11-15)12-20(31)24(34)21(13-26)37-22(32)8-4-14-2-6-16(27)18(29)10-14/h2-11,20-21,24,27-31,34H,12-13H2,1H3. The molecule has 0 amide bonds. The zero-order valence-electron chi connectivity index (χ0n) is 20.1. The van der Waals surface area contributed by atoms with Gasteiger partial charge in [-0.05, 0) is 47.5 Å². The van der Waals surface area contributed by atoms with E-state index in [1.165, 1.54) is 48.6 Å². The number of carbonyl (C=O) groups excluding carboxylic acids is 3. The van der Waals surface area contributed by atoms with Gasteiger partial charge in [-0.1, -0.05) is 12.1 Å². The van der Waals surface area contributed by atoms with Crippen LogP contribution in [0.1, 0.15) is 24.0 Å². The maximum atomic E-state index is 12.7. The molecule has 1 aliphatic rings. The van der Waals surface area contributed by atoms with Crippen LogP contribution in [0.25, 0.3) is 12.2 Å². The number of phenolic OH excluding ortho intramolecular Hbond substituents is 4. The van der Waals surface area contributed by atoms with E-state index in [9.17, 15) is 45.0 Å². The summed E-state index contributed by atoms with van der Waals surface area (Å²) in [6, 6.07) is 7.59. The molecule has 4 atom stereocenters. The van der Waals surface area contributed by atoms with Gasteiger partial charge in [0.2, 0.25) is 5.60 Å². The molecule has 2 aromatic carbocycles. The van der Waals surface area contributed by atoms with Crippen molar-refractivity contribution in [1.29, 1.82) is 0 Å². The van der Waals surface area contributed by atoms with E-state index in [4.69, 9.17) is 14.2 Å². The van der Waals surface area contributed by atoms with Crippen molar-refractivity contribution in [2.45, 2.75) is 36.8 Å². The molecule has 0 bridgehead atoms. The molecule has 4 unspecified atom stereocenters. The molecule has 38 heavy (non-hydrogen) atoms. The van der Waals surface area contributed by atoms with Crippen LogP contribution in [-0.4, -0.2) is 79.6 Å². The number of benzene rings is 2. The molecular weight excluding hydrogens is 504 g/mol. The van der Waals surface area contributed by atoms with Gasteiger partial charge in [-0.3, -0.25) is 0 Å². The first kappa shape index (κ1) is 28.0. The van der Waals surface area contributed by atoms with Gasteiger partial charge in [0, 0.05) is 25.0 Å². The van der Waals surface area contributed by atoms with Crippen molar-refractivity contribution in [2.24, 2.45) is 0 Å². The molecule has 3 rings (SSSR count). The van der Waals surface area contributed by atoms with Crippen LogP contribution in [0.2, 0.25) is 0 Å². The van der Waals surface area contributed by atoms with Crippen molar-refractivity contribution in [3.8, 4) is 23.0 Å². The number of phenols is 4. The van der Waals surface area contributed by atoms with E-state index in [2.05, 4.69) is 0 Å². The summed E-state index contributed by atoms with van der Waals surface area (Å²) >= 11 is 0. The highest BCUT2D eigenvalue weighted by atomic mass is 16.6. The molecule has 0 heterocycles. The maximum absolute atomic E-state index is 12.7. The van der Waals surface area contributed by atoms with Crippen molar-refractivity contribution >= 4 is 30.1 Å². The Morgan fingerprint density at radius 2 is 1.34 bits per heavy atom. The average molecular weight is 530 g/mol. The van der Waals surface area contributed by atoms with Gasteiger partial charge in [0.05, 0.1) is 13.2 Å². The van der Waals surface area contributed by atoms with E-state index in [-0.39, 0.29) is 11.5 Å². The largest absolute Gasteiger partial charge is 0.504 e. The molecule has 202 valence electrons. The Bertz CT molecular complexity index is 1270. The Kier molecular flexibility index (Phi) is 8.61. The van der Waals surface area contributed by atoms with E-state index in [1.807, 2.05) is 0 Å². The van der Waals surface area contributed by atoms with Crippen LogP contribution in [0.3, 0.4) is 0 Å². The number of aliphatic hydroxyl groups is 2. The van der Waals surface area contributed by atoms with Crippen LogP contribution in [0.15, 0.2) is 48.6 Å². The minimum absolute atomic E-state index is 0.323. The number of methoxy groups -OCH3 is 1. The predicted octanol–water partition coefficient (Wildman–Crippen LogP) is 1.12. The van der Waals surface area contributed by atoms with Gasteiger partial charge in [-0.15, -0.1) is 0 Å². The first-order valence-electron chi connectivity index (χ1n) is 11.2. The van der Waals surface area contributed by atoms with E-state index in [0.29, 0.717) is 11.1 Å². The van der Waals surface area contributed by atoms with Gasteiger partial charge in [0.1, 0.15) is 12.2 Å². The van der Waals surface area contributed by atoms with Gasteiger partial charge in [0.15, 0.2) is 23.0 Å². The molecule has 0 spiro atoms. The Labute approximate surface area is 216 Å². The summed E-state index contributed by atoms with van der Waals surface area (Å²) in [5.74, 6) is -4.61. The summed E-state index contributed by atoms with van der Waals surface area (Å²) in [4.78, 5) is 37.6. The lowest BCUT2D eigenvalue weighted by Crippen LogP contribution is -2.59. The zero-order chi connectivity index (χ0) is 28.0. The third-order valence-corrected chi connectivity index (χ3v) is 5.79. The predicted molar refractivity (Wildman–Crippen MR) is 130 cm³/mol. The van der Waals surface area contributed by atoms with Crippen LogP contribution in [0.5, 0.6) is 23.0 Å². The summed E-state index contributed by atoms with van der Waals surface area (Å²) < 4.78 is 15.3. The SMILES string of the molecule is COC(=O)C1(OC(=O)C=Cc2ccc(O)c(O)c2)CC(O)C(O)C(OC(=O)C=Cc2ccc(O)c(O)c2)C1. The number of carbonyl (C=O) groups is 3. The number of ether oxygens (including phenoxy) is 3. The van der Waals surface area contributed by atoms with E-state index < -0.39 is 66.2 Å². The van der Waals surface area contributed by atoms with Crippen molar-refractivity contribution in [3.05, 3.63) is 59.7 Å². The molecule has 0 aromatic heterocycles. The lowest BCUT2D eigenvalue weighted by Gasteiger charge is -2.41. The number of hydrogen-bond donors (Lipinski definition) is 6. The molecule has 0 radical (unpaired) electrons. The summed E-state index contributed by atoms with van der Waals surface area (Å²) in [5.41, 5.74) is -1.44. The van der Waals surface area contributed by atoms with E-state index in [1.54, 1.807) is 0 Å². The van der Waals surface area contributed by atoms with Gasteiger partial charge in [-0.2, -0.15) is 0 Å². The van der Waals surface area contributed by atoms with Crippen LogP contribution in [0, 0.1) is 0 Å². The molecule has 0 aliphatic heterocycles. The number of aliphatic hydroxyl groups excluding tert-OH is 2. The first-order chi connectivity index (χ1) is 17.9. The molecule has 1 saturated carbocycles. The normalized spacial score (nSPS) is 23.3. The molecule has 12 nitrogen and oxygen atoms in total. The molecule has 1 fully saturated rings. The molecule has 2 aromatic rings. The fraction of sp³-hybridized carbons (Fsp3) is 0.269. The summed E-state index contributed by atoms with van der Waals surface area (Å²) in [5, 5.41) is 58.7. The second-order valence-electron chi connectivity index (χ2n) is 8.51. The third kappa shape index (κ3) is 6.60. The molecule has 12 heteroatoms. The molecule has 0 saturated heterocycles. The van der Waals surface area contributed by atoms with Crippen LogP contribution >= 0.6 is 0 Å². The van der Waals surface area contributed by atoms with Gasteiger partial charge >= 0.3 is 17.9 Å². The highest BCUT2D eigenvalue weighted by Gasteiger charge is 2.54. The highest BCUT2D eigenvalue weighted by molar-refractivity contribution is 5.91. The molecule has 1 aliphatic carbocycles. The quantitative estimate of drug-likeness (QED) is 0.129.